The highest BCUT2D eigenvalue weighted by Gasteiger charge is 2.05. The number of rotatable bonds is 7. The third-order valence-electron chi connectivity index (χ3n) is 2.70. The fourth-order valence-corrected chi connectivity index (χ4v) is 2.24. The van der Waals surface area contributed by atoms with E-state index in [1.165, 1.54) is 12.1 Å². The van der Waals surface area contributed by atoms with E-state index >= 15 is 0 Å². The average Bonchev–Trinajstić information content (AvgIpc) is 2.41. The van der Waals surface area contributed by atoms with Crippen LogP contribution in [-0.4, -0.2) is 18.0 Å². The molecule has 1 unspecified atom stereocenters. The molecule has 0 bridgehead atoms. The Hall–Kier alpha value is -0.850. The molecule has 1 aromatic rings. The number of ether oxygens (including phenoxy) is 1. The van der Waals surface area contributed by atoms with Gasteiger partial charge in [0.1, 0.15) is 5.82 Å². The summed E-state index contributed by atoms with van der Waals surface area (Å²) in [4.78, 5) is 0. The van der Waals surface area contributed by atoms with Gasteiger partial charge in [0.05, 0.1) is 12.7 Å². The van der Waals surface area contributed by atoms with Crippen molar-refractivity contribution in [2.24, 2.45) is 0 Å². The zero-order valence-corrected chi connectivity index (χ0v) is 12.9. The van der Waals surface area contributed by atoms with Crippen LogP contribution in [0.25, 0.3) is 0 Å². The van der Waals surface area contributed by atoms with E-state index in [1.54, 1.807) is 12.1 Å². The molecule has 0 aliphatic heterocycles. The van der Waals surface area contributed by atoms with Crippen LogP contribution in [0.2, 0.25) is 0 Å². The van der Waals surface area contributed by atoms with Crippen LogP contribution in [0.1, 0.15) is 38.2 Å². The minimum absolute atomic E-state index is 0.230. The van der Waals surface area contributed by atoms with E-state index in [0.29, 0.717) is 19.1 Å². The third kappa shape index (κ3) is 7.34. The molecule has 1 atom stereocenters. The lowest BCUT2D eigenvalue weighted by Gasteiger charge is -2.14. The lowest BCUT2D eigenvalue weighted by atomic mass is 10.1. The fraction of sp³-hybridized carbons (Fsp3) is 0.500. The van der Waals surface area contributed by atoms with Crippen LogP contribution in [0.3, 0.4) is 0 Å². The Morgan fingerprint density at radius 2 is 2.00 bits per heavy atom. The molecule has 104 valence electrons. The van der Waals surface area contributed by atoms with Gasteiger partial charge in [-0.15, -0.1) is 0 Å². The largest absolute Gasteiger partial charge is 0.377 e. The van der Waals surface area contributed by atoms with Crippen molar-refractivity contribution in [3.8, 4) is 11.8 Å². The van der Waals surface area contributed by atoms with E-state index < -0.39 is 0 Å². The third-order valence-corrected chi connectivity index (χ3v) is 3.16. The molecule has 3 heteroatoms. The van der Waals surface area contributed by atoms with Gasteiger partial charge in [0.15, 0.2) is 0 Å². The summed E-state index contributed by atoms with van der Waals surface area (Å²) in [6.07, 6.45) is 4.31. The highest BCUT2D eigenvalue weighted by Crippen LogP contribution is 2.09. The molecule has 1 rings (SSSR count). The normalized spacial score (nSPS) is 11.7. The molecular weight excluding hydrogens is 307 g/mol. The first-order valence-corrected chi connectivity index (χ1v) is 7.80. The maximum Gasteiger partial charge on any atom is 0.123 e. The standard InChI is InChI=1S/C16H20BrFO/c1-2-5-16(11-12-17)19-13-4-3-6-14-7-9-15(18)10-8-14/h7-10,16H,2,4-5,11-13H2,1H3. The van der Waals surface area contributed by atoms with Crippen molar-refractivity contribution in [3.05, 3.63) is 35.6 Å². The van der Waals surface area contributed by atoms with Gasteiger partial charge in [0.2, 0.25) is 0 Å². The highest BCUT2D eigenvalue weighted by molar-refractivity contribution is 9.09. The first kappa shape index (κ1) is 16.2. The van der Waals surface area contributed by atoms with Crippen molar-refractivity contribution in [3.63, 3.8) is 0 Å². The average molecular weight is 327 g/mol. The molecule has 0 aliphatic carbocycles. The molecule has 0 saturated carbocycles. The van der Waals surface area contributed by atoms with Crippen LogP contribution in [0.5, 0.6) is 0 Å². The van der Waals surface area contributed by atoms with E-state index in [9.17, 15) is 4.39 Å². The van der Waals surface area contributed by atoms with Crippen LogP contribution < -0.4 is 0 Å². The second-order valence-electron chi connectivity index (χ2n) is 4.32. The second-order valence-corrected chi connectivity index (χ2v) is 5.11. The van der Waals surface area contributed by atoms with E-state index in [-0.39, 0.29) is 5.82 Å². The Kier molecular flexibility index (Phi) is 8.53. The summed E-state index contributed by atoms with van der Waals surface area (Å²) in [5, 5.41) is 0.971. The summed E-state index contributed by atoms with van der Waals surface area (Å²) in [6, 6.07) is 6.23. The summed E-state index contributed by atoms with van der Waals surface area (Å²) in [5.41, 5.74) is 0.840. The number of halogens is 2. The Morgan fingerprint density at radius 1 is 1.26 bits per heavy atom. The zero-order valence-electron chi connectivity index (χ0n) is 11.3. The van der Waals surface area contributed by atoms with Gasteiger partial charge in [-0.1, -0.05) is 41.1 Å². The molecule has 1 aromatic carbocycles. The Morgan fingerprint density at radius 3 is 2.63 bits per heavy atom. The van der Waals surface area contributed by atoms with Gasteiger partial charge in [0.25, 0.3) is 0 Å². The Balaban J connectivity index is 2.28. The highest BCUT2D eigenvalue weighted by atomic mass is 79.9. The summed E-state index contributed by atoms with van der Waals surface area (Å²) < 4.78 is 18.5. The van der Waals surface area contributed by atoms with E-state index in [2.05, 4.69) is 34.7 Å². The van der Waals surface area contributed by atoms with Gasteiger partial charge < -0.3 is 4.74 Å². The molecule has 0 N–H and O–H groups in total. The van der Waals surface area contributed by atoms with Crippen molar-refractivity contribution < 1.29 is 9.13 Å². The van der Waals surface area contributed by atoms with Crippen LogP contribution in [0.15, 0.2) is 24.3 Å². The minimum atomic E-state index is -0.230. The molecule has 0 amide bonds. The molecule has 0 spiro atoms. The van der Waals surface area contributed by atoms with E-state index in [0.717, 1.165) is 30.2 Å². The maximum atomic E-state index is 12.7. The Bertz CT molecular complexity index is 399. The number of alkyl halides is 1. The Labute approximate surface area is 123 Å². The molecule has 19 heavy (non-hydrogen) atoms. The van der Waals surface area contributed by atoms with Crippen molar-refractivity contribution in [2.75, 3.05) is 11.9 Å². The molecule has 1 nitrogen and oxygen atoms in total. The van der Waals surface area contributed by atoms with Crippen LogP contribution in [0.4, 0.5) is 4.39 Å². The number of benzene rings is 1. The van der Waals surface area contributed by atoms with Gasteiger partial charge in [-0.2, -0.15) is 0 Å². The summed E-state index contributed by atoms with van der Waals surface area (Å²) >= 11 is 3.44. The van der Waals surface area contributed by atoms with E-state index in [1.807, 2.05) is 0 Å². The topological polar surface area (TPSA) is 9.23 Å². The molecule has 0 aromatic heterocycles. The van der Waals surface area contributed by atoms with Crippen LogP contribution in [-0.2, 0) is 4.74 Å². The van der Waals surface area contributed by atoms with E-state index in [4.69, 9.17) is 4.74 Å². The summed E-state index contributed by atoms with van der Waals surface area (Å²) in [5.74, 6) is 5.82. The number of hydrogen-bond donors (Lipinski definition) is 0. The SMILES string of the molecule is CCCC(CCBr)OCCC#Cc1ccc(F)cc1. The first-order valence-electron chi connectivity index (χ1n) is 6.68. The van der Waals surface area contributed by atoms with Crippen LogP contribution in [0, 0.1) is 17.7 Å². The quantitative estimate of drug-likeness (QED) is 0.406. The zero-order chi connectivity index (χ0) is 13.9. The van der Waals surface area contributed by atoms with Gasteiger partial charge in [-0.05, 0) is 37.1 Å². The minimum Gasteiger partial charge on any atom is -0.377 e. The molecule has 0 radical (unpaired) electrons. The van der Waals surface area contributed by atoms with Crippen molar-refractivity contribution in [1.29, 1.82) is 0 Å². The fourth-order valence-electron chi connectivity index (χ4n) is 1.73. The molecule has 0 fully saturated rings. The molecule has 0 saturated heterocycles. The lowest BCUT2D eigenvalue weighted by molar-refractivity contribution is 0.0494. The lowest BCUT2D eigenvalue weighted by Crippen LogP contribution is -2.13. The first-order chi connectivity index (χ1) is 9.26. The van der Waals surface area contributed by atoms with Gasteiger partial charge in [0, 0.05) is 17.3 Å². The predicted octanol–water partition coefficient (Wildman–Crippen LogP) is 4.54. The van der Waals surface area contributed by atoms with Gasteiger partial charge in [-0.25, -0.2) is 4.39 Å². The summed E-state index contributed by atoms with van der Waals surface area (Å²) in [7, 11) is 0. The second kappa shape index (κ2) is 10.00. The predicted molar refractivity (Wildman–Crippen MR) is 81.0 cm³/mol. The van der Waals surface area contributed by atoms with Gasteiger partial charge >= 0.3 is 0 Å². The monoisotopic (exact) mass is 326 g/mol. The van der Waals surface area contributed by atoms with Crippen LogP contribution >= 0.6 is 15.9 Å². The molecular formula is C16H20BrFO. The smallest absolute Gasteiger partial charge is 0.123 e. The van der Waals surface area contributed by atoms with Crippen molar-refractivity contribution in [1.82, 2.24) is 0 Å². The number of hydrogen-bond acceptors (Lipinski definition) is 1. The summed E-state index contributed by atoms with van der Waals surface area (Å²) in [6.45, 7) is 2.82. The van der Waals surface area contributed by atoms with Crippen molar-refractivity contribution in [2.45, 2.75) is 38.7 Å². The van der Waals surface area contributed by atoms with Gasteiger partial charge in [-0.3, -0.25) is 0 Å². The maximum absolute atomic E-state index is 12.7. The molecule has 0 aliphatic rings. The molecule has 0 heterocycles. The van der Waals surface area contributed by atoms with Crippen molar-refractivity contribution >= 4 is 15.9 Å².